The summed E-state index contributed by atoms with van der Waals surface area (Å²) in [4.78, 5) is 40.3. The Morgan fingerprint density at radius 2 is 1.95 bits per heavy atom. The second-order valence-electron chi connectivity index (χ2n) is 9.01. The zero-order chi connectivity index (χ0) is 25.5. The minimum Gasteiger partial charge on any atom is -0.379 e. The Bertz CT molecular complexity index is 1360. The van der Waals surface area contributed by atoms with Gasteiger partial charge >= 0.3 is 0 Å². The maximum absolute atomic E-state index is 13.4. The third-order valence-electron chi connectivity index (χ3n) is 6.38. The molecule has 0 spiro atoms. The molecule has 0 unspecified atom stereocenters. The van der Waals surface area contributed by atoms with Crippen LogP contribution in [0.1, 0.15) is 17.7 Å². The summed E-state index contributed by atoms with van der Waals surface area (Å²) in [6.07, 6.45) is 6.84. The second-order valence-corrected chi connectivity index (χ2v) is 9.01. The molecule has 37 heavy (non-hydrogen) atoms. The van der Waals surface area contributed by atoms with Gasteiger partial charge in [0.05, 0.1) is 26.0 Å². The predicted molar refractivity (Wildman–Crippen MR) is 143 cm³/mol. The zero-order valence-electron chi connectivity index (χ0n) is 20.7. The summed E-state index contributed by atoms with van der Waals surface area (Å²) in [5.74, 6) is 0.214. The molecule has 4 aromatic rings. The first-order valence-corrected chi connectivity index (χ1v) is 12.6. The topological polar surface area (TPSA) is 117 Å². The minimum atomic E-state index is -0.267. The number of carbonyl (C=O) groups excluding carboxylic acids is 1. The number of nitrogens with zero attached hydrogens (tertiary/aromatic N) is 4. The molecule has 1 saturated heterocycles. The molecule has 1 aliphatic heterocycles. The van der Waals surface area contributed by atoms with Crippen molar-refractivity contribution in [2.75, 3.05) is 43.1 Å². The lowest BCUT2D eigenvalue weighted by atomic mass is 10.1. The maximum Gasteiger partial charge on any atom is 0.278 e. The number of pyridine rings is 1. The first kappa shape index (κ1) is 24.5. The first-order valence-electron chi connectivity index (χ1n) is 12.6. The van der Waals surface area contributed by atoms with Crippen molar-refractivity contribution in [2.24, 2.45) is 0 Å². The van der Waals surface area contributed by atoms with Crippen LogP contribution in [0.2, 0.25) is 0 Å². The summed E-state index contributed by atoms with van der Waals surface area (Å²) in [7, 11) is 0. The largest absolute Gasteiger partial charge is 0.379 e. The van der Waals surface area contributed by atoms with Crippen LogP contribution in [0.25, 0.3) is 10.9 Å². The van der Waals surface area contributed by atoms with E-state index in [1.807, 2.05) is 35.2 Å². The number of anilines is 2. The number of ether oxygens (including phenoxy) is 1. The third-order valence-corrected chi connectivity index (χ3v) is 6.38. The smallest absolute Gasteiger partial charge is 0.278 e. The quantitative estimate of drug-likeness (QED) is 0.286. The van der Waals surface area contributed by atoms with Crippen molar-refractivity contribution >= 4 is 28.4 Å². The van der Waals surface area contributed by atoms with Crippen molar-refractivity contribution in [3.05, 3.63) is 82.7 Å². The van der Waals surface area contributed by atoms with Gasteiger partial charge in [-0.25, -0.2) is 4.98 Å². The average molecular weight is 502 g/mol. The second kappa shape index (κ2) is 11.7. The van der Waals surface area contributed by atoms with Gasteiger partial charge in [0.25, 0.3) is 5.56 Å². The number of hydrogen-bond donors (Lipinski definition) is 3. The number of aryl methyl sites for hydroxylation is 1. The highest BCUT2D eigenvalue weighted by atomic mass is 16.5. The number of aromatic nitrogens is 4. The van der Waals surface area contributed by atoms with Gasteiger partial charge in [0.15, 0.2) is 0 Å². The van der Waals surface area contributed by atoms with Crippen LogP contribution < -0.4 is 21.1 Å². The van der Waals surface area contributed by atoms with Gasteiger partial charge in [0, 0.05) is 48.6 Å². The van der Waals surface area contributed by atoms with Crippen molar-refractivity contribution in [2.45, 2.75) is 25.9 Å². The Hall–Kier alpha value is -4.18. The zero-order valence-corrected chi connectivity index (χ0v) is 20.7. The van der Waals surface area contributed by atoms with E-state index in [1.165, 1.54) is 10.1 Å². The SMILES string of the molecule is O=C(Cn1c(N2CCOCC2)ncc(NCCCc2ccccc2)c1=O)NCc1cc2cnccc2[nH]1. The Morgan fingerprint density at radius 3 is 2.76 bits per heavy atom. The van der Waals surface area contributed by atoms with Crippen LogP contribution in [-0.4, -0.2) is 58.3 Å². The molecule has 10 nitrogen and oxygen atoms in total. The first-order chi connectivity index (χ1) is 18.2. The summed E-state index contributed by atoms with van der Waals surface area (Å²) in [6, 6.07) is 14.1. The molecule has 4 heterocycles. The Labute approximate surface area is 214 Å². The van der Waals surface area contributed by atoms with Crippen molar-refractivity contribution in [3.8, 4) is 0 Å². The Morgan fingerprint density at radius 1 is 1.11 bits per heavy atom. The van der Waals surface area contributed by atoms with Crippen molar-refractivity contribution < 1.29 is 9.53 Å². The molecule has 0 atom stereocenters. The van der Waals surface area contributed by atoms with E-state index in [9.17, 15) is 9.59 Å². The highest BCUT2D eigenvalue weighted by Crippen LogP contribution is 2.15. The van der Waals surface area contributed by atoms with E-state index in [1.54, 1.807) is 18.6 Å². The van der Waals surface area contributed by atoms with E-state index in [4.69, 9.17) is 4.74 Å². The van der Waals surface area contributed by atoms with Crippen molar-refractivity contribution in [1.29, 1.82) is 0 Å². The Balaban J connectivity index is 1.27. The lowest BCUT2D eigenvalue weighted by Crippen LogP contribution is -2.42. The van der Waals surface area contributed by atoms with Gasteiger partial charge in [0.1, 0.15) is 12.2 Å². The van der Waals surface area contributed by atoms with Crippen molar-refractivity contribution in [1.82, 2.24) is 24.8 Å². The molecule has 0 radical (unpaired) electrons. The normalized spacial score (nSPS) is 13.6. The summed E-state index contributed by atoms with van der Waals surface area (Å²) in [5.41, 5.74) is 3.21. The van der Waals surface area contributed by atoms with Gasteiger partial charge in [-0.3, -0.25) is 19.1 Å². The molecule has 5 rings (SSSR count). The summed E-state index contributed by atoms with van der Waals surface area (Å²) in [5, 5.41) is 7.11. The number of hydrogen-bond acceptors (Lipinski definition) is 7. The molecule has 3 N–H and O–H groups in total. The van der Waals surface area contributed by atoms with Crippen LogP contribution in [-0.2, 0) is 29.0 Å². The van der Waals surface area contributed by atoms with Crippen LogP contribution >= 0.6 is 0 Å². The minimum absolute atomic E-state index is 0.125. The lowest BCUT2D eigenvalue weighted by Gasteiger charge is -2.29. The predicted octanol–water partition coefficient (Wildman–Crippen LogP) is 2.32. The van der Waals surface area contributed by atoms with Gasteiger partial charge in [-0.05, 0) is 30.5 Å². The maximum atomic E-state index is 13.4. The fourth-order valence-electron chi connectivity index (χ4n) is 4.44. The summed E-state index contributed by atoms with van der Waals surface area (Å²) in [6.45, 7) is 3.15. The van der Waals surface area contributed by atoms with E-state index in [-0.39, 0.29) is 18.0 Å². The summed E-state index contributed by atoms with van der Waals surface area (Å²) < 4.78 is 6.91. The van der Waals surface area contributed by atoms with E-state index < -0.39 is 0 Å². The highest BCUT2D eigenvalue weighted by Gasteiger charge is 2.20. The van der Waals surface area contributed by atoms with Gasteiger partial charge in [-0.15, -0.1) is 0 Å². The number of carbonyl (C=O) groups is 1. The van der Waals surface area contributed by atoms with Crippen LogP contribution in [0, 0.1) is 0 Å². The van der Waals surface area contributed by atoms with E-state index in [0.29, 0.717) is 51.0 Å². The molecule has 3 aromatic heterocycles. The van der Waals surface area contributed by atoms with Gasteiger partial charge in [0.2, 0.25) is 11.9 Å². The fourth-order valence-corrected chi connectivity index (χ4v) is 4.44. The molecular weight excluding hydrogens is 470 g/mol. The number of fused-ring (bicyclic) bond motifs is 1. The van der Waals surface area contributed by atoms with E-state index in [2.05, 4.69) is 37.7 Å². The van der Waals surface area contributed by atoms with E-state index >= 15 is 0 Å². The molecule has 192 valence electrons. The number of benzene rings is 1. The lowest BCUT2D eigenvalue weighted by molar-refractivity contribution is -0.121. The average Bonchev–Trinajstić information content (AvgIpc) is 3.36. The Kier molecular flexibility index (Phi) is 7.75. The van der Waals surface area contributed by atoms with Crippen LogP contribution in [0.3, 0.4) is 0 Å². The standard InChI is InChI=1S/C27H31N7O3/c35-25(30-17-22-15-21-16-28-10-8-23(21)32-22)19-34-26(36)24(18-31-27(34)33-11-13-37-14-12-33)29-9-4-7-20-5-2-1-3-6-20/h1-3,5-6,8,10,15-16,18,29,32H,4,7,9,11-14,17,19H2,(H,30,35). The van der Waals surface area contributed by atoms with Gasteiger partial charge in [-0.2, -0.15) is 0 Å². The molecule has 1 aromatic carbocycles. The fraction of sp³-hybridized carbons (Fsp3) is 0.333. The molecule has 0 bridgehead atoms. The molecule has 0 aliphatic carbocycles. The molecular formula is C27H31N7O3. The number of morpholine rings is 1. The number of amides is 1. The van der Waals surface area contributed by atoms with Crippen LogP contribution in [0.5, 0.6) is 0 Å². The highest BCUT2D eigenvalue weighted by molar-refractivity contribution is 5.80. The molecule has 1 amide bonds. The number of H-pyrrole nitrogens is 1. The van der Waals surface area contributed by atoms with Crippen LogP contribution in [0.4, 0.5) is 11.6 Å². The number of nitrogens with one attached hydrogen (secondary N) is 3. The van der Waals surface area contributed by atoms with E-state index in [0.717, 1.165) is 29.4 Å². The van der Waals surface area contributed by atoms with Crippen LogP contribution in [0.15, 0.2) is 65.8 Å². The number of aromatic amines is 1. The van der Waals surface area contributed by atoms with Gasteiger partial charge < -0.3 is 25.3 Å². The molecule has 0 saturated carbocycles. The molecule has 1 aliphatic rings. The number of rotatable bonds is 10. The monoisotopic (exact) mass is 501 g/mol. The summed E-state index contributed by atoms with van der Waals surface area (Å²) >= 11 is 0. The molecule has 1 fully saturated rings. The van der Waals surface area contributed by atoms with Gasteiger partial charge in [-0.1, -0.05) is 30.3 Å². The van der Waals surface area contributed by atoms with Crippen molar-refractivity contribution in [3.63, 3.8) is 0 Å². The third kappa shape index (κ3) is 6.15. The molecule has 10 heteroatoms.